The Balaban J connectivity index is 2.08. The van der Waals surface area contributed by atoms with Crippen LogP contribution in [0.1, 0.15) is 23.2 Å². The second-order valence-electron chi connectivity index (χ2n) is 4.45. The smallest absolute Gasteiger partial charge is 0.259 e. The maximum atomic E-state index is 12.3. The molecule has 5 heteroatoms. The second kappa shape index (κ2) is 6.05. The van der Waals surface area contributed by atoms with Gasteiger partial charge in [-0.15, -0.1) is 11.6 Å². The quantitative estimate of drug-likeness (QED) is 0.789. The van der Waals surface area contributed by atoms with Gasteiger partial charge in [0.2, 0.25) is 5.88 Å². The highest BCUT2D eigenvalue weighted by atomic mass is 35.5. The van der Waals surface area contributed by atoms with Crippen molar-refractivity contribution in [3.8, 4) is 5.88 Å². The molecule has 0 spiro atoms. The molecule has 0 unspecified atom stereocenters. The third kappa shape index (κ3) is 2.75. The largest absolute Gasteiger partial charge is 0.480 e. The molecule has 0 saturated carbocycles. The zero-order valence-corrected chi connectivity index (χ0v) is 11.2. The summed E-state index contributed by atoms with van der Waals surface area (Å²) in [6.45, 7) is 1.52. The number of rotatable bonds is 3. The molecule has 2 heterocycles. The van der Waals surface area contributed by atoms with Crippen molar-refractivity contribution in [1.82, 2.24) is 9.88 Å². The first kappa shape index (κ1) is 13.1. The van der Waals surface area contributed by atoms with Gasteiger partial charge in [0.05, 0.1) is 7.11 Å². The number of amides is 1. The Morgan fingerprint density at radius 2 is 2.28 bits per heavy atom. The van der Waals surface area contributed by atoms with Gasteiger partial charge in [-0.3, -0.25) is 4.79 Å². The molecule has 4 nitrogen and oxygen atoms in total. The van der Waals surface area contributed by atoms with Crippen molar-refractivity contribution in [2.75, 3.05) is 26.1 Å². The van der Waals surface area contributed by atoms with E-state index in [1.165, 1.54) is 7.11 Å². The van der Waals surface area contributed by atoms with Crippen LogP contribution in [0, 0.1) is 5.92 Å². The van der Waals surface area contributed by atoms with Gasteiger partial charge in [-0.1, -0.05) is 0 Å². The lowest BCUT2D eigenvalue weighted by Crippen LogP contribution is -2.39. The first-order chi connectivity index (χ1) is 8.76. The molecule has 1 aromatic heterocycles. The van der Waals surface area contributed by atoms with Gasteiger partial charge in [0, 0.05) is 25.2 Å². The molecule has 0 bridgehead atoms. The first-order valence-corrected chi connectivity index (χ1v) is 6.64. The van der Waals surface area contributed by atoms with E-state index in [1.807, 2.05) is 4.90 Å². The van der Waals surface area contributed by atoms with E-state index in [0.29, 0.717) is 23.2 Å². The number of nitrogens with zero attached hydrogens (tertiary/aromatic N) is 2. The van der Waals surface area contributed by atoms with Crippen LogP contribution in [0.25, 0.3) is 0 Å². The van der Waals surface area contributed by atoms with E-state index >= 15 is 0 Å². The lowest BCUT2D eigenvalue weighted by Gasteiger charge is -2.31. The number of carbonyl (C=O) groups excluding carboxylic acids is 1. The third-order valence-corrected chi connectivity index (χ3v) is 3.75. The van der Waals surface area contributed by atoms with E-state index in [4.69, 9.17) is 16.3 Å². The Hall–Kier alpha value is -1.29. The van der Waals surface area contributed by atoms with Crippen LogP contribution in [0.3, 0.4) is 0 Å². The van der Waals surface area contributed by atoms with E-state index in [1.54, 1.807) is 18.3 Å². The average Bonchev–Trinajstić information content (AvgIpc) is 2.46. The maximum Gasteiger partial charge on any atom is 0.259 e. The normalized spacial score (nSPS) is 16.7. The monoisotopic (exact) mass is 268 g/mol. The minimum atomic E-state index is -0.00651. The zero-order valence-electron chi connectivity index (χ0n) is 10.4. The predicted molar refractivity (Wildman–Crippen MR) is 70.1 cm³/mol. The molecule has 1 saturated heterocycles. The molecule has 0 N–H and O–H groups in total. The number of hydrogen-bond acceptors (Lipinski definition) is 3. The van der Waals surface area contributed by atoms with Crippen LogP contribution in [0.5, 0.6) is 5.88 Å². The molecule has 0 radical (unpaired) electrons. The molecule has 1 aliphatic rings. The summed E-state index contributed by atoms with van der Waals surface area (Å²) in [5.41, 5.74) is 0.532. The van der Waals surface area contributed by atoms with Gasteiger partial charge in [0.15, 0.2) is 0 Å². The van der Waals surface area contributed by atoms with Gasteiger partial charge in [-0.2, -0.15) is 0 Å². The molecule has 98 valence electrons. The number of piperidine rings is 1. The fourth-order valence-corrected chi connectivity index (χ4v) is 2.49. The first-order valence-electron chi connectivity index (χ1n) is 6.10. The van der Waals surface area contributed by atoms with Gasteiger partial charge in [-0.25, -0.2) is 4.98 Å². The lowest BCUT2D eigenvalue weighted by molar-refractivity contribution is 0.0694. The summed E-state index contributed by atoms with van der Waals surface area (Å²) in [6, 6.07) is 3.50. The van der Waals surface area contributed by atoms with Crippen molar-refractivity contribution in [2.45, 2.75) is 12.8 Å². The van der Waals surface area contributed by atoms with Crippen molar-refractivity contribution in [3.63, 3.8) is 0 Å². The van der Waals surface area contributed by atoms with Crippen molar-refractivity contribution >= 4 is 17.5 Å². The number of alkyl halides is 1. The van der Waals surface area contributed by atoms with Crippen molar-refractivity contribution in [3.05, 3.63) is 23.9 Å². The highest BCUT2D eigenvalue weighted by molar-refractivity contribution is 6.18. The molecule has 1 amide bonds. The highest BCUT2D eigenvalue weighted by Gasteiger charge is 2.25. The number of halogens is 1. The van der Waals surface area contributed by atoms with Crippen LogP contribution in [-0.2, 0) is 0 Å². The summed E-state index contributed by atoms with van der Waals surface area (Å²) in [5.74, 6) is 1.60. The fraction of sp³-hybridized carbons (Fsp3) is 0.538. The Morgan fingerprint density at radius 1 is 1.56 bits per heavy atom. The number of hydrogen-bond donors (Lipinski definition) is 0. The summed E-state index contributed by atoms with van der Waals surface area (Å²) in [6.07, 6.45) is 3.56. The summed E-state index contributed by atoms with van der Waals surface area (Å²) < 4.78 is 5.12. The topological polar surface area (TPSA) is 42.4 Å². The SMILES string of the molecule is COc1ncccc1C(=O)N1CCC(CCl)CC1. The van der Waals surface area contributed by atoms with Gasteiger partial charge in [0.25, 0.3) is 5.91 Å². The lowest BCUT2D eigenvalue weighted by atomic mass is 9.98. The van der Waals surface area contributed by atoms with E-state index in [-0.39, 0.29) is 5.91 Å². The van der Waals surface area contributed by atoms with E-state index < -0.39 is 0 Å². The van der Waals surface area contributed by atoms with Gasteiger partial charge >= 0.3 is 0 Å². The van der Waals surface area contributed by atoms with Crippen LogP contribution in [0.15, 0.2) is 18.3 Å². The van der Waals surface area contributed by atoms with Crippen molar-refractivity contribution < 1.29 is 9.53 Å². The minimum Gasteiger partial charge on any atom is -0.480 e. The molecule has 18 heavy (non-hydrogen) atoms. The molecule has 0 atom stereocenters. The standard InChI is InChI=1S/C13H17ClN2O2/c1-18-12-11(3-2-6-15-12)13(17)16-7-4-10(9-14)5-8-16/h2-3,6,10H,4-5,7-9H2,1H3. The van der Waals surface area contributed by atoms with Gasteiger partial charge in [0.1, 0.15) is 5.56 Å². The molecule has 0 aromatic carbocycles. The second-order valence-corrected chi connectivity index (χ2v) is 4.76. The molecular formula is C13H17ClN2O2. The molecule has 1 fully saturated rings. The number of methoxy groups -OCH3 is 1. The number of pyridine rings is 1. The summed E-state index contributed by atoms with van der Waals surface area (Å²) in [4.78, 5) is 18.3. The molecule has 1 aliphatic heterocycles. The van der Waals surface area contributed by atoms with Gasteiger partial charge in [-0.05, 0) is 30.9 Å². The number of ether oxygens (including phenoxy) is 1. The van der Waals surface area contributed by atoms with Crippen LogP contribution in [0.4, 0.5) is 0 Å². The van der Waals surface area contributed by atoms with Crippen LogP contribution in [0.2, 0.25) is 0 Å². The molecule has 1 aromatic rings. The Labute approximate surface area is 112 Å². The third-order valence-electron chi connectivity index (χ3n) is 3.31. The molecule has 2 rings (SSSR count). The summed E-state index contributed by atoms with van der Waals surface area (Å²) in [5, 5.41) is 0. The minimum absolute atomic E-state index is 0.00651. The summed E-state index contributed by atoms with van der Waals surface area (Å²) >= 11 is 5.84. The van der Waals surface area contributed by atoms with Gasteiger partial charge < -0.3 is 9.64 Å². The van der Waals surface area contributed by atoms with Crippen LogP contribution < -0.4 is 4.74 Å². The van der Waals surface area contributed by atoms with E-state index in [2.05, 4.69) is 4.98 Å². The number of aromatic nitrogens is 1. The fourth-order valence-electron chi connectivity index (χ4n) is 2.18. The predicted octanol–water partition coefficient (Wildman–Crippen LogP) is 2.18. The highest BCUT2D eigenvalue weighted by Crippen LogP contribution is 2.22. The number of likely N-dealkylation sites (tertiary alicyclic amines) is 1. The maximum absolute atomic E-state index is 12.3. The molecule has 0 aliphatic carbocycles. The molecular weight excluding hydrogens is 252 g/mol. The Kier molecular flexibility index (Phi) is 4.42. The number of carbonyl (C=O) groups is 1. The van der Waals surface area contributed by atoms with Crippen LogP contribution in [-0.4, -0.2) is 41.9 Å². The van der Waals surface area contributed by atoms with E-state index in [0.717, 1.165) is 25.9 Å². The van der Waals surface area contributed by atoms with Crippen LogP contribution >= 0.6 is 11.6 Å². The Morgan fingerprint density at radius 3 is 2.89 bits per heavy atom. The zero-order chi connectivity index (χ0) is 13.0. The van der Waals surface area contributed by atoms with Crippen molar-refractivity contribution in [1.29, 1.82) is 0 Å². The van der Waals surface area contributed by atoms with E-state index in [9.17, 15) is 4.79 Å². The van der Waals surface area contributed by atoms with Crippen molar-refractivity contribution in [2.24, 2.45) is 5.92 Å². The average molecular weight is 269 g/mol. The Bertz CT molecular complexity index is 417. The summed E-state index contributed by atoms with van der Waals surface area (Å²) in [7, 11) is 1.53.